The van der Waals surface area contributed by atoms with E-state index in [-0.39, 0.29) is 10.6 Å². The van der Waals surface area contributed by atoms with Gasteiger partial charge in [0, 0.05) is 5.56 Å². The van der Waals surface area contributed by atoms with Crippen LogP contribution in [0.5, 0.6) is 0 Å². The maximum absolute atomic E-state index is 13.9. The second-order valence-corrected chi connectivity index (χ2v) is 4.77. The molecule has 0 aromatic heterocycles. The van der Waals surface area contributed by atoms with Crippen molar-refractivity contribution >= 4 is 23.2 Å². The van der Waals surface area contributed by atoms with Crippen LogP contribution in [0.3, 0.4) is 0 Å². The summed E-state index contributed by atoms with van der Waals surface area (Å²) in [6.07, 6.45) is 3.76. The van der Waals surface area contributed by atoms with Crippen molar-refractivity contribution < 1.29 is 4.39 Å². The van der Waals surface area contributed by atoms with Gasteiger partial charge in [-0.2, -0.15) is 5.26 Å². The van der Waals surface area contributed by atoms with Crippen molar-refractivity contribution in [1.82, 2.24) is 0 Å². The minimum atomic E-state index is -0.953. The number of rotatable bonds is 1. The predicted molar refractivity (Wildman–Crippen MR) is 62.3 cm³/mol. The molecular weight excluding hydrogens is 248 g/mol. The highest BCUT2D eigenvalue weighted by Gasteiger charge is 2.24. The first-order valence-corrected chi connectivity index (χ1v) is 6.00. The molecule has 0 bridgehead atoms. The van der Waals surface area contributed by atoms with E-state index >= 15 is 0 Å². The zero-order chi connectivity index (χ0) is 11.7. The third kappa shape index (κ3) is 1.90. The maximum atomic E-state index is 13.9. The maximum Gasteiger partial charge on any atom is 0.148 e. The van der Waals surface area contributed by atoms with E-state index in [1.807, 2.05) is 6.07 Å². The number of fused-ring (bicyclic) bond motifs is 1. The fraction of sp³-hybridized carbons (Fsp3) is 0.417. The minimum absolute atomic E-state index is 0.0663. The Labute approximate surface area is 104 Å². The molecular formula is C12H10Cl2FN. The van der Waals surface area contributed by atoms with Crippen LogP contribution in [-0.2, 0) is 12.8 Å². The van der Waals surface area contributed by atoms with Crippen LogP contribution in [0, 0.1) is 17.1 Å². The number of benzene rings is 1. The van der Waals surface area contributed by atoms with Gasteiger partial charge in [-0.3, -0.25) is 0 Å². The van der Waals surface area contributed by atoms with Crippen LogP contribution in [0.25, 0.3) is 0 Å². The number of halogens is 3. The highest BCUT2D eigenvalue weighted by Crippen LogP contribution is 2.36. The molecule has 0 spiro atoms. The van der Waals surface area contributed by atoms with Gasteiger partial charge in [-0.25, -0.2) is 4.39 Å². The lowest BCUT2D eigenvalue weighted by Gasteiger charge is -2.21. The average molecular weight is 258 g/mol. The van der Waals surface area contributed by atoms with E-state index in [4.69, 9.17) is 28.5 Å². The monoisotopic (exact) mass is 257 g/mol. The Bertz CT molecular complexity index is 465. The number of hydrogen-bond donors (Lipinski definition) is 0. The normalized spacial score (nSPS) is 16.4. The van der Waals surface area contributed by atoms with Gasteiger partial charge < -0.3 is 0 Å². The van der Waals surface area contributed by atoms with Crippen molar-refractivity contribution in [3.05, 3.63) is 33.6 Å². The summed E-state index contributed by atoms with van der Waals surface area (Å²) in [5, 5.41) is 7.93. The molecule has 0 radical (unpaired) electrons. The molecule has 1 aromatic rings. The average Bonchev–Trinajstić information content (AvgIpc) is 2.30. The van der Waals surface area contributed by atoms with E-state index in [0.717, 1.165) is 36.8 Å². The molecule has 1 aliphatic carbocycles. The van der Waals surface area contributed by atoms with Crippen LogP contribution in [0.15, 0.2) is 6.07 Å². The lowest BCUT2D eigenvalue weighted by molar-refractivity contribution is 0.598. The molecule has 0 amide bonds. The Morgan fingerprint density at radius 2 is 2.06 bits per heavy atom. The minimum Gasteiger partial charge on any atom is -0.205 e. The molecule has 1 unspecified atom stereocenters. The molecule has 16 heavy (non-hydrogen) atoms. The molecule has 4 heteroatoms. The van der Waals surface area contributed by atoms with Gasteiger partial charge in [-0.1, -0.05) is 11.6 Å². The third-order valence-electron chi connectivity index (χ3n) is 2.95. The molecule has 0 aliphatic heterocycles. The Morgan fingerprint density at radius 1 is 1.38 bits per heavy atom. The summed E-state index contributed by atoms with van der Waals surface area (Å²) < 4.78 is 13.9. The van der Waals surface area contributed by atoms with Crippen molar-refractivity contribution in [2.24, 2.45) is 0 Å². The van der Waals surface area contributed by atoms with Gasteiger partial charge in [-0.15, -0.1) is 11.6 Å². The number of nitriles is 1. The van der Waals surface area contributed by atoms with Crippen molar-refractivity contribution in [3.63, 3.8) is 0 Å². The molecule has 0 heterocycles. The molecule has 0 saturated carbocycles. The number of nitrogens with zero attached hydrogens (tertiary/aromatic N) is 1. The Hall–Kier alpha value is -0.780. The Morgan fingerprint density at radius 3 is 2.75 bits per heavy atom. The molecule has 1 aromatic carbocycles. The van der Waals surface area contributed by atoms with Crippen molar-refractivity contribution in [1.29, 1.82) is 5.26 Å². The van der Waals surface area contributed by atoms with Gasteiger partial charge in [0.25, 0.3) is 0 Å². The first-order valence-electron chi connectivity index (χ1n) is 5.18. The lowest BCUT2D eigenvalue weighted by atomic mass is 9.87. The lowest BCUT2D eigenvalue weighted by Crippen LogP contribution is -2.10. The van der Waals surface area contributed by atoms with Gasteiger partial charge in [0.2, 0.25) is 0 Å². The van der Waals surface area contributed by atoms with E-state index in [0.29, 0.717) is 0 Å². The number of aryl methyl sites for hydroxylation is 1. The predicted octanol–water partition coefficient (Wildman–Crippen LogP) is 4.16. The summed E-state index contributed by atoms with van der Waals surface area (Å²) in [4.78, 5) is 0. The standard InChI is InChI=1S/C12H10Cl2FN/c13-9-5-7-3-1-2-4-8(7)11(12(9)15)10(14)6-16/h5,10H,1-4H2. The molecule has 84 valence electrons. The second kappa shape index (κ2) is 4.61. The molecule has 1 nitrogen and oxygen atoms in total. The highest BCUT2D eigenvalue weighted by molar-refractivity contribution is 6.31. The first-order chi connectivity index (χ1) is 7.65. The molecule has 1 aliphatic rings. The molecule has 0 N–H and O–H groups in total. The van der Waals surface area contributed by atoms with Crippen LogP contribution in [0.1, 0.15) is 34.9 Å². The van der Waals surface area contributed by atoms with Crippen molar-refractivity contribution in [2.75, 3.05) is 0 Å². The summed E-state index contributed by atoms with van der Waals surface area (Å²) in [5.41, 5.74) is 2.20. The largest absolute Gasteiger partial charge is 0.205 e. The highest BCUT2D eigenvalue weighted by atomic mass is 35.5. The zero-order valence-corrected chi connectivity index (χ0v) is 10.1. The molecule has 0 fully saturated rings. The first kappa shape index (κ1) is 11.7. The second-order valence-electron chi connectivity index (χ2n) is 3.92. The SMILES string of the molecule is N#CC(Cl)c1c(F)c(Cl)cc2c1CCCC2. The fourth-order valence-electron chi connectivity index (χ4n) is 2.20. The van der Waals surface area contributed by atoms with Gasteiger partial charge in [0.15, 0.2) is 0 Å². The van der Waals surface area contributed by atoms with E-state index in [1.165, 1.54) is 0 Å². The van der Waals surface area contributed by atoms with Crippen LogP contribution < -0.4 is 0 Å². The third-order valence-corrected chi connectivity index (χ3v) is 3.54. The summed E-state index contributed by atoms with van der Waals surface area (Å²) >= 11 is 11.7. The molecule has 0 saturated heterocycles. The quantitative estimate of drug-likeness (QED) is 0.694. The van der Waals surface area contributed by atoms with Gasteiger partial charge in [0.05, 0.1) is 11.1 Å². The van der Waals surface area contributed by atoms with E-state index in [9.17, 15) is 4.39 Å². The van der Waals surface area contributed by atoms with Gasteiger partial charge in [0.1, 0.15) is 11.2 Å². The van der Waals surface area contributed by atoms with Crippen LogP contribution in [0.4, 0.5) is 4.39 Å². The van der Waals surface area contributed by atoms with Crippen LogP contribution in [0.2, 0.25) is 5.02 Å². The van der Waals surface area contributed by atoms with Crippen molar-refractivity contribution in [2.45, 2.75) is 31.1 Å². The van der Waals surface area contributed by atoms with Gasteiger partial charge >= 0.3 is 0 Å². The van der Waals surface area contributed by atoms with Crippen LogP contribution in [-0.4, -0.2) is 0 Å². The summed E-state index contributed by atoms with van der Waals surface area (Å²) in [6.45, 7) is 0. The van der Waals surface area contributed by atoms with E-state index < -0.39 is 11.2 Å². The Balaban J connectivity index is 2.64. The van der Waals surface area contributed by atoms with Crippen molar-refractivity contribution in [3.8, 4) is 6.07 Å². The molecule has 1 atom stereocenters. The van der Waals surface area contributed by atoms with Crippen LogP contribution >= 0.6 is 23.2 Å². The smallest absolute Gasteiger partial charge is 0.148 e. The van der Waals surface area contributed by atoms with E-state index in [1.54, 1.807) is 6.07 Å². The topological polar surface area (TPSA) is 23.8 Å². The summed E-state index contributed by atoms with van der Waals surface area (Å²) in [5.74, 6) is -0.538. The van der Waals surface area contributed by atoms with Gasteiger partial charge in [-0.05, 0) is 42.9 Å². The zero-order valence-electron chi connectivity index (χ0n) is 8.56. The molecule has 2 rings (SSSR count). The fourth-order valence-corrected chi connectivity index (χ4v) is 2.66. The van der Waals surface area contributed by atoms with E-state index in [2.05, 4.69) is 0 Å². The summed E-state index contributed by atoms with van der Waals surface area (Å²) in [7, 11) is 0. The summed E-state index contributed by atoms with van der Waals surface area (Å²) in [6, 6.07) is 3.53. The Kier molecular flexibility index (Phi) is 3.37. The number of alkyl halides is 1. The number of hydrogen-bond acceptors (Lipinski definition) is 1.